The number of carbonyl (C=O) groups excluding carboxylic acids is 1. The molecule has 2 N–H and O–H groups in total. The summed E-state index contributed by atoms with van der Waals surface area (Å²) < 4.78 is 5.23. The third kappa shape index (κ3) is 4.25. The Labute approximate surface area is 88.3 Å². The second-order valence-corrected chi connectivity index (χ2v) is 3.08. The number of nitriles is 1. The second kappa shape index (κ2) is 5.78. The van der Waals surface area contributed by atoms with Crippen molar-refractivity contribution in [1.29, 1.82) is 5.26 Å². The molecule has 1 atom stereocenters. The molecule has 0 saturated carbocycles. The van der Waals surface area contributed by atoms with Crippen LogP contribution in [-0.2, 0) is 16.1 Å². The van der Waals surface area contributed by atoms with Crippen molar-refractivity contribution in [3.63, 3.8) is 0 Å². The number of ether oxygens (including phenoxy) is 1. The largest absolute Gasteiger partial charge is 0.370 e. The number of hydrogen-bond acceptors (Lipinski definition) is 3. The molecule has 0 spiro atoms. The second-order valence-electron chi connectivity index (χ2n) is 3.08. The van der Waals surface area contributed by atoms with E-state index < -0.39 is 12.0 Å². The summed E-state index contributed by atoms with van der Waals surface area (Å²) in [6.07, 6.45) is -0.828. The van der Waals surface area contributed by atoms with Gasteiger partial charge in [0.1, 0.15) is 0 Å². The average molecular weight is 204 g/mol. The Balaban J connectivity index is 2.42. The number of nitrogens with zero attached hydrogens (tertiary/aromatic N) is 1. The molecule has 15 heavy (non-hydrogen) atoms. The van der Waals surface area contributed by atoms with Crippen molar-refractivity contribution in [2.24, 2.45) is 5.73 Å². The van der Waals surface area contributed by atoms with Gasteiger partial charge in [0.25, 0.3) is 0 Å². The standard InChI is InChI=1S/C11H12N2O2/c12-7-10(6-11(13)14)15-8-9-4-2-1-3-5-9/h1-5,10H,6,8H2,(H2,13,14). The summed E-state index contributed by atoms with van der Waals surface area (Å²) >= 11 is 0. The molecule has 1 aromatic rings. The highest BCUT2D eigenvalue weighted by Crippen LogP contribution is 2.04. The molecule has 1 unspecified atom stereocenters. The number of benzene rings is 1. The highest BCUT2D eigenvalue weighted by Gasteiger charge is 2.10. The van der Waals surface area contributed by atoms with Crippen LogP contribution >= 0.6 is 0 Å². The zero-order valence-corrected chi connectivity index (χ0v) is 8.22. The first-order valence-corrected chi connectivity index (χ1v) is 4.56. The van der Waals surface area contributed by atoms with Crippen LogP contribution in [0, 0.1) is 11.3 Å². The first kappa shape index (κ1) is 11.2. The van der Waals surface area contributed by atoms with Crippen LogP contribution in [0.25, 0.3) is 0 Å². The molecule has 1 amide bonds. The van der Waals surface area contributed by atoms with Gasteiger partial charge in [-0.3, -0.25) is 4.79 Å². The fraction of sp³-hybridized carbons (Fsp3) is 0.273. The molecule has 1 rings (SSSR count). The lowest BCUT2D eigenvalue weighted by atomic mass is 10.2. The van der Waals surface area contributed by atoms with E-state index >= 15 is 0 Å². The third-order valence-electron chi connectivity index (χ3n) is 1.82. The topological polar surface area (TPSA) is 76.1 Å². The van der Waals surface area contributed by atoms with Crippen LogP contribution in [0.5, 0.6) is 0 Å². The number of nitrogens with two attached hydrogens (primary N) is 1. The fourth-order valence-electron chi connectivity index (χ4n) is 1.10. The molecule has 0 fully saturated rings. The maximum absolute atomic E-state index is 10.6. The maximum atomic E-state index is 10.6. The Kier molecular flexibility index (Phi) is 4.32. The highest BCUT2D eigenvalue weighted by atomic mass is 16.5. The molecule has 1 aromatic carbocycles. The summed E-state index contributed by atoms with van der Waals surface area (Å²) in [7, 11) is 0. The summed E-state index contributed by atoms with van der Waals surface area (Å²) in [5, 5.41) is 8.67. The van der Waals surface area contributed by atoms with E-state index in [4.69, 9.17) is 15.7 Å². The Bertz CT molecular complexity index is 357. The predicted molar refractivity (Wildman–Crippen MR) is 54.4 cm³/mol. The molecule has 0 heterocycles. The van der Waals surface area contributed by atoms with E-state index in [1.165, 1.54) is 0 Å². The first-order valence-electron chi connectivity index (χ1n) is 4.56. The van der Waals surface area contributed by atoms with Gasteiger partial charge in [0.15, 0.2) is 6.10 Å². The molecule has 0 aliphatic rings. The summed E-state index contributed by atoms with van der Waals surface area (Å²) in [6.45, 7) is 0.312. The van der Waals surface area contributed by atoms with Gasteiger partial charge >= 0.3 is 0 Å². The van der Waals surface area contributed by atoms with Crippen molar-refractivity contribution in [3.8, 4) is 6.07 Å². The van der Waals surface area contributed by atoms with Gasteiger partial charge in [0.2, 0.25) is 5.91 Å². The lowest BCUT2D eigenvalue weighted by Crippen LogP contribution is -2.21. The van der Waals surface area contributed by atoms with E-state index in [0.717, 1.165) is 5.56 Å². The molecule has 0 aliphatic carbocycles. The van der Waals surface area contributed by atoms with Gasteiger partial charge in [0.05, 0.1) is 19.1 Å². The maximum Gasteiger partial charge on any atom is 0.221 e. The summed E-state index contributed by atoms with van der Waals surface area (Å²) in [5.74, 6) is -0.533. The molecule has 4 nitrogen and oxygen atoms in total. The van der Waals surface area contributed by atoms with Gasteiger partial charge in [-0.05, 0) is 5.56 Å². The summed E-state index contributed by atoms with van der Waals surface area (Å²) in [4.78, 5) is 10.6. The Hall–Kier alpha value is -1.86. The van der Waals surface area contributed by atoms with Crippen molar-refractivity contribution < 1.29 is 9.53 Å². The van der Waals surface area contributed by atoms with E-state index in [0.29, 0.717) is 6.61 Å². The van der Waals surface area contributed by atoms with Crippen LogP contribution in [0.3, 0.4) is 0 Å². The van der Waals surface area contributed by atoms with Crippen molar-refractivity contribution in [2.45, 2.75) is 19.1 Å². The third-order valence-corrected chi connectivity index (χ3v) is 1.82. The predicted octanol–water partition coefficient (Wildman–Crippen LogP) is 0.971. The van der Waals surface area contributed by atoms with Crippen LogP contribution in [-0.4, -0.2) is 12.0 Å². The van der Waals surface area contributed by atoms with E-state index in [1.807, 2.05) is 36.4 Å². The summed E-state index contributed by atoms with van der Waals surface area (Å²) in [6, 6.07) is 11.3. The number of carbonyl (C=O) groups is 1. The molecule has 0 radical (unpaired) electrons. The van der Waals surface area contributed by atoms with Gasteiger partial charge in [-0.2, -0.15) is 5.26 Å². The molecular formula is C11H12N2O2. The van der Waals surface area contributed by atoms with Crippen molar-refractivity contribution >= 4 is 5.91 Å². The van der Waals surface area contributed by atoms with Crippen LogP contribution < -0.4 is 5.73 Å². The fourth-order valence-corrected chi connectivity index (χ4v) is 1.10. The minimum atomic E-state index is -0.761. The van der Waals surface area contributed by atoms with Crippen LogP contribution in [0.2, 0.25) is 0 Å². The highest BCUT2D eigenvalue weighted by molar-refractivity contribution is 5.74. The monoisotopic (exact) mass is 204 g/mol. The lowest BCUT2D eigenvalue weighted by molar-refractivity contribution is -0.120. The molecule has 0 aliphatic heterocycles. The Morgan fingerprint density at radius 3 is 2.67 bits per heavy atom. The van der Waals surface area contributed by atoms with Crippen molar-refractivity contribution in [3.05, 3.63) is 35.9 Å². The van der Waals surface area contributed by atoms with Gasteiger partial charge in [-0.1, -0.05) is 30.3 Å². The molecule has 78 valence electrons. The lowest BCUT2D eigenvalue weighted by Gasteiger charge is -2.08. The zero-order valence-electron chi connectivity index (χ0n) is 8.22. The Morgan fingerprint density at radius 2 is 2.13 bits per heavy atom. The smallest absolute Gasteiger partial charge is 0.221 e. The molecule has 0 saturated heterocycles. The normalized spacial score (nSPS) is 11.7. The van der Waals surface area contributed by atoms with Gasteiger partial charge in [-0.15, -0.1) is 0 Å². The van der Waals surface area contributed by atoms with Gasteiger partial charge in [0, 0.05) is 0 Å². The quantitative estimate of drug-likeness (QED) is 0.776. The van der Waals surface area contributed by atoms with Crippen molar-refractivity contribution in [2.75, 3.05) is 0 Å². The SMILES string of the molecule is N#CC(CC(N)=O)OCc1ccccc1. The first-order chi connectivity index (χ1) is 7.22. The molecule has 0 bridgehead atoms. The van der Waals surface area contributed by atoms with E-state index in [9.17, 15) is 4.79 Å². The molecule has 4 heteroatoms. The average Bonchev–Trinajstić information content (AvgIpc) is 2.25. The van der Waals surface area contributed by atoms with Crippen LogP contribution in [0.4, 0.5) is 0 Å². The van der Waals surface area contributed by atoms with Crippen LogP contribution in [0.15, 0.2) is 30.3 Å². The number of primary amides is 1. The van der Waals surface area contributed by atoms with Gasteiger partial charge in [-0.25, -0.2) is 0 Å². The minimum Gasteiger partial charge on any atom is -0.370 e. The zero-order chi connectivity index (χ0) is 11.1. The number of amides is 1. The number of rotatable bonds is 5. The molecular weight excluding hydrogens is 192 g/mol. The minimum absolute atomic E-state index is 0.0661. The van der Waals surface area contributed by atoms with E-state index in [2.05, 4.69) is 0 Å². The van der Waals surface area contributed by atoms with E-state index in [1.54, 1.807) is 0 Å². The summed E-state index contributed by atoms with van der Waals surface area (Å²) in [5.41, 5.74) is 5.93. The van der Waals surface area contributed by atoms with Crippen LogP contribution in [0.1, 0.15) is 12.0 Å². The molecule has 0 aromatic heterocycles. The van der Waals surface area contributed by atoms with E-state index in [-0.39, 0.29) is 6.42 Å². The van der Waals surface area contributed by atoms with Gasteiger partial charge < -0.3 is 10.5 Å². The number of hydrogen-bond donors (Lipinski definition) is 1. The van der Waals surface area contributed by atoms with Crippen molar-refractivity contribution in [1.82, 2.24) is 0 Å². The Morgan fingerprint density at radius 1 is 1.47 bits per heavy atom.